The molecule has 10 heavy (non-hydrogen) atoms. The quantitative estimate of drug-likeness (QED) is 0.721. The topological polar surface area (TPSA) is 0 Å². The minimum Gasteiger partial charge on any atom is -0.0639 e. The maximum atomic E-state index is 3.42. The first-order chi connectivity index (χ1) is 4.83. The van der Waals surface area contributed by atoms with Crippen molar-refractivity contribution < 1.29 is 0 Å². The van der Waals surface area contributed by atoms with Crippen LogP contribution in [-0.2, 0) is 6.16 Å². The highest BCUT2D eigenvalue weighted by Gasteiger charge is 1.89. The van der Waals surface area contributed by atoms with Gasteiger partial charge in [-0.3, -0.25) is 0 Å². The molecule has 0 nitrogen and oxygen atoms in total. The maximum absolute atomic E-state index is 3.42. The number of benzene rings is 1. The van der Waals surface area contributed by atoms with Gasteiger partial charge in [-0.2, -0.15) is 0 Å². The van der Waals surface area contributed by atoms with Crippen LogP contribution >= 0.6 is 38.7 Å². The molecule has 0 amide bonds. The highest BCUT2D eigenvalue weighted by Crippen LogP contribution is 2.25. The third kappa shape index (κ3) is 2.69. The smallest absolute Gasteiger partial charge is 0.0175 e. The summed E-state index contributed by atoms with van der Waals surface area (Å²) < 4.78 is 1.15. The van der Waals surface area contributed by atoms with Gasteiger partial charge >= 0.3 is 0 Å². The van der Waals surface area contributed by atoms with Crippen LogP contribution in [0.15, 0.2) is 28.7 Å². The molecule has 0 N–H and O–H groups in total. The molecule has 0 aliphatic heterocycles. The zero-order valence-corrected chi connectivity index (χ0v) is 9.44. The summed E-state index contributed by atoms with van der Waals surface area (Å²) in [6, 6.07) is 8.42. The monoisotopic (exact) mass is 280 g/mol. The van der Waals surface area contributed by atoms with Gasteiger partial charge in [-0.05, 0) is 31.1 Å². The van der Waals surface area contributed by atoms with E-state index in [-0.39, 0.29) is 0 Å². The predicted octanol–water partition coefficient (Wildman–Crippen LogP) is 3.94. The van der Waals surface area contributed by atoms with E-state index in [0.29, 0.717) is 0 Å². The van der Waals surface area contributed by atoms with Crippen molar-refractivity contribution in [3.63, 3.8) is 0 Å². The van der Waals surface area contributed by atoms with Crippen molar-refractivity contribution in [2.45, 2.75) is 6.16 Å². The SMILES string of the molecule is BrPCc1ccc(Br)cc1. The maximum Gasteiger partial charge on any atom is 0.0175 e. The van der Waals surface area contributed by atoms with Gasteiger partial charge in [0.15, 0.2) is 0 Å². The normalized spacial score (nSPS) is 11.0. The number of hydrogen-bond acceptors (Lipinski definition) is 0. The minimum atomic E-state index is 0.829. The Bertz CT molecular complexity index is 195. The van der Waals surface area contributed by atoms with Gasteiger partial charge in [0.05, 0.1) is 0 Å². The average molecular weight is 282 g/mol. The Hall–Kier alpha value is 0.610. The van der Waals surface area contributed by atoms with Crippen molar-refractivity contribution >= 4 is 38.7 Å². The molecule has 1 unspecified atom stereocenters. The highest BCUT2D eigenvalue weighted by atomic mass is 79.9. The zero-order valence-electron chi connectivity index (χ0n) is 5.27. The summed E-state index contributed by atoms with van der Waals surface area (Å²) in [7, 11) is 0.829. The molecule has 1 aromatic rings. The Kier molecular flexibility index (Phi) is 3.90. The molecule has 54 valence electrons. The van der Waals surface area contributed by atoms with E-state index >= 15 is 0 Å². The first-order valence-corrected chi connectivity index (χ1v) is 7.16. The van der Waals surface area contributed by atoms with E-state index < -0.39 is 0 Å². The number of halogens is 2. The van der Waals surface area contributed by atoms with Gasteiger partial charge in [-0.1, -0.05) is 43.6 Å². The second-order valence-corrected chi connectivity index (χ2v) is 5.16. The fraction of sp³-hybridized carbons (Fsp3) is 0.143. The lowest BCUT2D eigenvalue weighted by molar-refractivity contribution is 1.41. The molecule has 0 aromatic heterocycles. The van der Waals surface area contributed by atoms with Gasteiger partial charge in [0.2, 0.25) is 0 Å². The fourth-order valence-corrected chi connectivity index (χ4v) is 2.30. The summed E-state index contributed by atoms with van der Waals surface area (Å²) in [4.78, 5) is 0. The molecule has 1 rings (SSSR count). The van der Waals surface area contributed by atoms with Gasteiger partial charge in [-0.15, -0.1) is 0 Å². The van der Waals surface area contributed by atoms with E-state index in [2.05, 4.69) is 55.7 Å². The predicted molar refractivity (Wildman–Crippen MR) is 55.1 cm³/mol. The third-order valence-corrected chi connectivity index (χ3v) is 3.10. The molecule has 0 aliphatic rings. The van der Waals surface area contributed by atoms with Gasteiger partial charge in [0.25, 0.3) is 0 Å². The molecule has 0 radical (unpaired) electrons. The molecule has 1 atom stereocenters. The Morgan fingerprint density at radius 1 is 1.20 bits per heavy atom. The van der Waals surface area contributed by atoms with Crippen molar-refractivity contribution in [1.82, 2.24) is 0 Å². The molecule has 0 fully saturated rings. The molecule has 1 aromatic carbocycles. The van der Waals surface area contributed by atoms with Crippen molar-refractivity contribution in [2.75, 3.05) is 0 Å². The Balaban J connectivity index is 2.69. The fourth-order valence-electron chi connectivity index (χ4n) is 0.679. The van der Waals surface area contributed by atoms with E-state index in [1.807, 2.05) is 0 Å². The van der Waals surface area contributed by atoms with Gasteiger partial charge < -0.3 is 0 Å². The summed E-state index contributed by atoms with van der Waals surface area (Å²) in [5, 5.41) is 0. The standard InChI is InChI=1S/C7H7Br2P/c8-7-3-1-6(2-4-7)5-10-9/h1-4,10H,5H2. The van der Waals surface area contributed by atoms with E-state index in [9.17, 15) is 0 Å². The summed E-state index contributed by atoms with van der Waals surface area (Å²) in [5.74, 6) is 0. The molecule has 0 aliphatic carbocycles. The summed E-state index contributed by atoms with van der Waals surface area (Å²) in [5.41, 5.74) is 1.39. The average Bonchev–Trinajstić information content (AvgIpc) is 1.95. The van der Waals surface area contributed by atoms with Crippen LogP contribution in [-0.4, -0.2) is 0 Å². The van der Waals surface area contributed by atoms with Crippen LogP contribution in [0.1, 0.15) is 5.56 Å². The molecular weight excluding hydrogens is 275 g/mol. The van der Waals surface area contributed by atoms with E-state index in [0.717, 1.165) is 17.9 Å². The lowest BCUT2D eigenvalue weighted by Crippen LogP contribution is -1.74. The van der Waals surface area contributed by atoms with Crippen molar-refractivity contribution in [3.05, 3.63) is 34.3 Å². The van der Waals surface area contributed by atoms with Crippen LogP contribution in [0.3, 0.4) is 0 Å². The Morgan fingerprint density at radius 2 is 1.80 bits per heavy atom. The lowest BCUT2D eigenvalue weighted by Gasteiger charge is -1.95. The first kappa shape index (κ1) is 8.70. The van der Waals surface area contributed by atoms with Crippen LogP contribution in [0.25, 0.3) is 0 Å². The molecule has 0 bridgehead atoms. The zero-order chi connectivity index (χ0) is 7.40. The summed E-state index contributed by atoms with van der Waals surface area (Å²) in [6.07, 6.45) is 1.13. The van der Waals surface area contributed by atoms with Crippen molar-refractivity contribution in [1.29, 1.82) is 0 Å². The molecule has 0 heterocycles. The van der Waals surface area contributed by atoms with Crippen LogP contribution in [0.5, 0.6) is 0 Å². The Labute approximate surface area is 79.1 Å². The van der Waals surface area contributed by atoms with Gasteiger partial charge in [-0.25, -0.2) is 0 Å². The van der Waals surface area contributed by atoms with Gasteiger partial charge in [0.1, 0.15) is 0 Å². The lowest BCUT2D eigenvalue weighted by atomic mass is 10.2. The van der Waals surface area contributed by atoms with Crippen molar-refractivity contribution in [2.24, 2.45) is 0 Å². The largest absolute Gasteiger partial charge is 0.0639 e. The number of hydrogen-bond donors (Lipinski definition) is 0. The van der Waals surface area contributed by atoms with E-state index in [1.54, 1.807) is 0 Å². The first-order valence-electron chi connectivity index (χ1n) is 2.91. The second-order valence-electron chi connectivity index (χ2n) is 1.94. The van der Waals surface area contributed by atoms with Gasteiger partial charge in [0, 0.05) is 4.47 Å². The Morgan fingerprint density at radius 3 is 2.30 bits per heavy atom. The molecule has 0 spiro atoms. The van der Waals surface area contributed by atoms with E-state index in [4.69, 9.17) is 0 Å². The van der Waals surface area contributed by atoms with Crippen LogP contribution in [0.4, 0.5) is 0 Å². The van der Waals surface area contributed by atoms with Crippen molar-refractivity contribution in [3.8, 4) is 0 Å². The molecule has 0 saturated carbocycles. The van der Waals surface area contributed by atoms with E-state index in [1.165, 1.54) is 5.56 Å². The summed E-state index contributed by atoms with van der Waals surface area (Å²) >= 11 is 6.81. The molecular formula is C7H7Br2P. The third-order valence-electron chi connectivity index (χ3n) is 1.18. The molecule has 0 saturated heterocycles. The van der Waals surface area contributed by atoms with Crippen LogP contribution in [0.2, 0.25) is 0 Å². The second kappa shape index (κ2) is 4.48. The van der Waals surface area contributed by atoms with Crippen LogP contribution in [0, 0.1) is 0 Å². The summed E-state index contributed by atoms with van der Waals surface area (Å²) in [6.45, 7) is 0. The van der Waals surface area contributed by atoms with Crippen LogP contribution < -0.4 is 0 Å². The minimum absolute atomic E-state index is 0.829. The molecule has 3 heteroatoms. The number of rotatable bonds is 2. The highest BCUT2D eigenvalue weighted by molar-refractivity contribution is 9.36.